The number of non-ortho nitro benzene ring substituents is 1. The third kappa shape index (κ3) is 3.52. The molecule has 0 radical (unpaired) electrons. The van der Waals surface area contributed by atoms with Crippen LogP contribution in [-0.4, -0.2) is 40.5 Å². The van der Waals surface area contributed by atoms with Gasteiger partial charge in [0, 0.05) is 18.7 Å². The number of carbonyl (C=O) groups is 2. The summed E-state index contributed by atoms with van der Waals surface area (Å²) in [5, 5.41) is 13.1. The van der Waals surface area contributed by atoms with E-state index in [-0.39, 0.29) is 35.2 Å². The van der Waals surface area contributed by atoms with Crippen LogP contribution in [0.3, 0.4) is 0 Å². The van der Waals surface area contributed by atoms with Crippen molar-refractivity contribution in [2.75, 3.05) is 18.8 Å². The monoisotopic (exact) mass is 309 g/mol. The molecule has 1 N–H and O–H groups in total. The molecule has 21 heavy (non-hydrogen) atoms. The summed E-state index contributed by atoms with van der Waals surface area (Å²) in [5.74, 6) is -0.0983. The van der Waals surface area contributed by atoms with Crippen LogP contribution >= 0.6 is 11.8 Å². The molecular weight excluding hydrogens is 294 g/mol. The molecule has 1 saturated heterocycles. The Hall–Kier alpha value is -2.09. The summed E-state index contributed by atoms with van der Waals surface area (Å²) in [6.07, 6.45) is 0. The van der Waals surface area contributed by atoms with Gasteiger partial charge in [0.2, 0.25) is 11.8 Å². The minimum atomic E-state index is -0.473. The van der Waals surface area contributed by atoms with Gasteiger partial charge in [-0.3, -0.25) is 19.7 Å². The van der Waals surface area contributed by atoms with E-state index in [2.05, 4.69) is 5.32 Å². The number of nitro benzene ring substituents is 1. The van der Waals surface area contributed by atoms with Gasteiger partial charge in [0.05, 0.1) is 10.7 Å². The van der Waals surface area contributed by atoms with Crippen molar-refractivity contribution in [3.63, 3.8) is 0 Å². The fourth-order valence-electron chi connectivity index (χ4n) is 2.10. The lowest BCUT2D eigenvalue weighted by Crippen LogP contribution is -2.39. The average molecular weight is 309 g/mol. The van der Waals surface area contributed by atoms with Crippen molar-refractivity contribution >= 4 is 29.3 Å². The largest absolute Gasteiger partial charge is 0.355 e. The van der Waals surface area contributed by atoms with E-state index in [1.165, 1.54) is 28.8 Å². The maximum Gasteiger partial charge on any atom is 0.269 e. The number of benzene rings is 1. The Kier molecular flexibility index (Phi) is 4.79. The summed E-state index contributed by atoms with van der Waals surface area (Å²) in [5.41, 5.74) is 0.634. The number of thioether (sulfide) groups is 1. The second-order valence-corrected chi connectivity index (χ2v) is 5.56. The summed E-state index contributed by atoms with van der Waals surface area (Å²) in [6, 6.07) is 6.16. The Morgan fingerprint density at radius 3 is 3.00 bits per heavy atom. The number of likely N-dealkylation sites (N-methyl/N-ethyl adjacent to an activating group) is 1. The predicted molar refractivity (Wildman–Crippen MR) is 78.7 cm³/mol. The molecule has 1 aromatic rings. The van der Waals surface area contributed by atoms with E-state index < -0.39 is 4.92 Å². The van der Waals surface area contributed by atoms with Crippen LogP contribution in [0.1, 0.15) is 17.9 Å². The molecule has 2 amide bonds. The quantitative estimate of drug-likeness (QED) is 0.654. The lowest BCUT2D eigenvalue weighted by Gasteiger charge is -2.23. The van der Waals surface area contributed by atoms with Gasteiger partial charge >= 0.3 is 0 Å². The van der Waals surface area contributed by atoms with Crippen molar-refractivity contribution in [1.29, 1.82) is 0 Å². The molecule has 1 aliphatic heterocycles. The first kappa shape index (κ1) is 15.3. The first-order chi connectivity index (χ1) is 10.0. The molecule has 112 valence electrons. The van der Waals surface area contributed by atoms with Crippen LogP contribution < -0.4 is 5.32 Å². The molecule has 1 heterocycles. The molecule has 0 aromatic heterocycles. The van der Waals surface area contributed by atoms with Crippen molar-refractivity contribution in [3.05, 3.63) is 39.9 Å². The van der Waals surface area contributed by atoms with Gasteiger partial charge in [0.1, 0.15) is 11.9 Å². The fourth-order valence-corrected chi connectivity index (χ4v) is 3.28. The topological polar surface area (TPSA) is 92.6 Å². The highest BCUT2D eigenvalue weighted by Crippen LogP contribution is 2.39. The van der Waals surface area contributed by atoms with Crippen LogP contribution in [0.25, 0.3) is 0 Å². The van der Waals surface area contributed by atoms with Gasteiger partial charge < -0.3 is 10.2 Å². The molecule has 1 aliphatic rings. The van der Waals surface area contributed by atoms with Crippen LogP contribution in [0.15, 0.2) is 24.3 Å². The van der Waals surface area contributed by atoms with Crippen LogP contribution in [0, 0.1) is 10.1 Å². The van der Waals surface area contributed by atoms with Crippen LogP contribution in [-0.2, 0) is 9.59 Å². The Balaban J connectivity index is 2.21. The summed E-state index contributed by atoms with van der Waals surface area (Å²) < 4.78 is 0. The van der Waals surface area contributed by atoms with Gasteiger partial charge in [-0.25, -0.2) is 0 Å². The number of nitrogens with zero attached hydrogens (tertiary/aromatic N) is 2. The zero-order valence-corrected chi connectivity index (χ0v) is 12.3. The summed E-state index contributed by atoms with van der Waals surface area (Å²) in [4.78, 5) is 35.4. The number of hydrogen-bond donors (Lipinski definition) is 1. The van der Waals surface area contributed by atoms with Gasteiger partial charge in [-0.1, -0.05) is 12.1 Å². The molecule has 0 saturated carbocycles. The molecule has 2 rings (SSSR count). The zero-order valence-electron chi connectivity index (χ0n) is 11.4. The minimum Gasteiger partial charge on any atom is -0.355 e. The fraction of sp³-hybridized carbons (Fsp3) is 0.385. The van der Waals surface area contributed by atoms with Gasteiger partial charge in [0.25, 0.3) is 5.69 Å². The van der Waals surface area contributed by atoms with E-state index in [9.17, 15) is 19.7 Å². The van der Waals surface area contributed by atoms with Crippen molar-refractivity contribution in [3.8, 4) is 0 Å². The molecule has 7 nitrogen and oxygen atoms in total. The number of nitrogens with one attached hydrogen (secondary N) is 1. The third-order valence-electron chi connectivity index (χ3n) is 3.02. The molecule has 1 unspecified atom stereocenters. The second-order valence-electron chi connectivity index (χ2n) is 4.49. The van der Waals surface area contributed by atoms with Gasteiger partial charge in [-0.05, 0) is 12.5 Å². The predicted octanol–water partition coefficient (Wildman–Crippen LogP) is 1.30. The number of rotatable bonds is 5. The molecule has 1 aromatic carbocycles. The van der Waals surface area contributed by atoms with E-state index in [1.54, 1.807) is 19.1 Å². The highest BCUT2D eigenvalue weighted by molar-refractivity contribution is 8.00. The molecule has 0 bridgehead atoms. The maximum absolute atomic E-state index is 11.9. The van der Waals surface area contributed by atoms with Gasteiger partial charge in [-0.15, -0.1) is 11.8 Å². The first-order valence-electron chi connectivity index (χ1n) is 6.45. The lowest BCUT2D eigenvalue weighted by molar-refractivity contribution is -0.384. The van der Waals surface area contributed by atoms with E-state index in [4.69, 9.17) is 0 Å². The Bertz CT molecular complexity index is 578. The molecule has 1 atom stereocenters. The third-order valence-corrected chi connectivity index (χ3v) is 4.28. The molecule has 0 aliphatic carbocycles. The molecule has 0 spiro atoms. The van der Waals surface area contributed by atoms with E-state index in [0.717, 1.165) is 0 Å². The van der Waals surface area contributed by atoms with E-state index in [0.29, 0.717) is 12.1 Å². The van der Waals surface area contributed by atoms with Gasteiger partial charge in [0.15, 0.2) is 0 Å². The number of nitro groups is 1. The molecule has 8 heteroatoms. The lowest BCUT2D eigenvalue weighted by atomic mass is 10.2. The Labute approximate surface area is 125 Å². The highest BCUT2D eigenvalue weighted by Gasteiger charge is 2.34. The minimum absolute atomic E-state index is 0.0228. The standard InChI is InChI=1S/C13H15N3O4S/c1-2-14-11(17)7-15-12(18)8-21-13(15)9-4-3-5-10(6-9)16(19)20/h3-6,13H,2,7-8H2,1H3,(H,14,17). The summed E-state index contributed by atoms with van der Waals surface area (Å²) in [7, 11) is 0. The normalized spacial score (nSPS) is 17.9. The first-order valence-corrected chi connectivity index (χ1v) is 7.50. The second kappa shape index (κ2) is 6.57. The molecule has 1 fully saturated rings. The van der Waals surface area contributed by atoms with Crippen LogP contribution in [0.5, 0.6) is 0 Å². The van der Waals surface area contributed by atoms with Crippen molar-refractivity contribution in [1.82, 2.24) is 10.2 Å². The smallest absolute Gasteiger partial charge is 0.269 e. The highest BCUT2D eigenvalue weighted by atomic mass is 32.2. The summed E-state index contributed by atoms with van der Waals surface area (Å²) >= 11 is 1.37. The SMILES string of the molecule is CCNC(=O)CN1C(=O)CSC1c1cccc([N+](=O)[O-])c1. The average Bonchev–Trinajstić information content (AvgIpc) is 2.81. The van der Waals surface area contributed by atoms with Gasteiger partial charge in [-0.2, -0.15) is 0 Å². The van der Waals surface area contributed by atoms with Crippen molar-refractivity contribution in [2.45, 2.75) is 12.3 Å². The van der Waals surface area contributed by atoms with E-state index >= 15 is 0 Å². The van der Waals surface area contributed by atoms with Crippen LogP contribution in [0.2, 0.25) is 0 Å². The molecular formula is C13H15N3O4S. The van der Waals surface area contributed by atoms with Crippen molar-refractivity contribution in [2.24, 2.45) is 0 Å². The maximum atomic E-state index is 11.9. The number of carbonyl (C=O) groups excluding carboxylic acids is 2. The van der Waals surface area contributed by atoms with E-state index in [1.807, 2.05) is 0 Å². The number of amides is 2. The zero-order chi connectivity index (χ0) is 15.4. The summed E-state index contributed by atoms with van der Waals surface area (Å²) in [6.45, 7) is 2.26. The number of hydrogen-bond acceptors (Lipinski definition) is 5. The van der Waals surface area contributed by atoms with Crippen LogP contribution in [0.4, 0.5) is 5.69 Å². The Morgan fingerprint density at radius 2 is 2.33 bits per heavy atom. The Morgan fingerprint density at radius 1 is 1.57 bits per heavy atom. The van der Waals surface area contributed by atoms with Crippen molar-refractivity contribution < 1.29 is 14.5 Å².